The van der Waals surface area contributed by atoms with Crippen molar-refractivity contribution in [2.45, 2.75) is 11.3 Å². The molecule has 8 nitrogen and oxygen atoms in total. The van der Waals surface area contributed by atoms with Gasteiger partial charge in [-0.05, 0) is 36.2 Å². The summed E-state index contributed by atoms with van der Waals surface area (Å²) < 4.78 is 28.2. The zero-order chi connectivity index (χ0) is 21.6. The molecule has 1 aliphatic heterocycles. The van der Waals surface area contributed by atoms with Gasteiger partial charge >= 0.3 is 0 Å². The molecule has 0 radical (unpaired) electrons. The maximum atomic E-state index is 11.3. The molecule has 0 spiro atoms. The fraction of sp³-hybridized carbons (Fsp3) is 0.381. The number of rotatable bonds is 6. The van der Waals surface area contributed by atoms with Crippen LogP contribution in [0.5, 0.6) is 5.75 Å². The average molecular weight is 559 g/mol. The zero-order valence-corrected chi connectivity index (χ0v) is 21.0. The number of benzene rings is 2. The first-order chi connectivity index (χ1) is 14.4. The first kappa shape index (κ1) is 25.2. The number of hydrogen-bond donors (Lipinski definition) is 2. The quantitative estimate of drug-likeness (QED) is 0.319. The van der Waals surface area contributed by atoms with Gasteiger partial charge in [0, 0.05) is 39.8 Å². The van der Waals surface area contributed by atoms with Crippen LogP contribution in [0, 0.1) is 0 Å². The Hall–Kier alpha value is -2.05. The van der Waals surface area contributed by atoms with E-state index in [2.05, 4.69) is 26.2 Å². The second kappa shape index (κ2) is 11.5. The Labute approximate surface area is 201 Å². The number of primary sulfonamides is 1. The Balaban J connectivity index is 0.00000341. The number of ether oxygens (including phenoxy) is 1. The fourth-order valence-electron chi connectivity index (χ4n) is 3.55. The molecule has 0 amide bonds. The average Bonchev–Trinajstić information content (AvgIpc) is 2.76. The number of halogens is 1. The van der Waals surface area contributed by atoms with E-state index in [1.165, 1.54) is 12.1 Å². The summed E-state index contributed by atoms with van der Waals surface area (Å²) in [5.41, 5.74) is 2.15. The minimum absolute atomic E-state index is 0. The lowest BCUT2D eigenvalue weighted by atomic mass is 10.1. The van der Waals surface area contributed by atoms with Crippen molar-refractivity contribution >= 4 is 45.6 Å². The highest BCUT2D eigenvalue weighted by Gasteiger charge is 2.21. The molecule has 0 bridgehead atoms. The molecule has 1 saturated heterocycles. The Morgan fingerprint density at radius 1 is 1.10 bits per heavy atom. The highest BCUT2D eigenvalue weighted by atomic mass is 127. The predicted octanol–water partition coefficient (Wildman–Crippen LogP) is 1.90. The normalized spacial score (nSPS) is 14.7. The predicted molar refractivity (Wildman–Crippen MR) is 135 cm³/mol. The molecule has 31 heavy (non-hydrogen) atoms. The van der Waals surface area contributed by atoms with Gasteiger partial charge < -0.3 is 19.9 Å². The summed E-state index contributed by atoms with van der Waals surface area (Å²) in [6, 6.07) is 14.7. The van der Waals surface area contributed by atoms with Gasteiger partial charge in [0.2, 0.25) is 10.0 Å². The Kier molecular flexibility index (Phi) is 9.38. The molecule has 10 heteroatoms. The molecule has 3 rings (SSSR count). The lowest BCUT2D eigenvalue weighted by Gasteiger charge is -2.38. The van der Waals surface area contributed by atoms with Crippen LogP contribution in [0.15, 0.2) is 58.4 Å². The fourth-order valence-corrected chi connectivity index (χ4v) is 4.06. The Morgan fingerprint density at radius 3 is 2.32 bits per heavy atom. The van der Waals surface area contributed by atoms with Crippen molar-refractivity contribution in [3.8, 4) is 5.75 Å². The van der Waals surface area contributed by atoms with Crippen LogP contribution in [-0.4, -0.2) is 66.2 Å². The number of sulfonamides is 1. The largest absolute Gasteiger partial charge is 0.495 e. The molecule has 3 N–H and O–H groups in total. The molecular weight excluding hydrogens is 529 g/mol. The van der Waals surface area contributed by atoms with E-state index < -0.39 is 10.0 Å². The Morgan fingerprint density at radius 2 is 1.74 bits per heavy atom. The zero-order valence-electron chi connectivity index (χ0n) is 17.8. The lowest BCUT2D eigenvalue weighted by molar-refractivity contribution is 0.367. The number of nitrogens with one attached hydrogen (secondary N) is 1. The lowest BCUT2D eigenvalue weighted by Crippen LogP contribution is -2.52. The highest BCUT2D eigenvalue weighted by molar-refractivity contribution is 14.0. The van der Waals surface area contributed by atoms with Crippen molar-refractivity contribution in [3.63, 3.8) is 0 Å². The van der Waals surface area contributed by atoms with Gasteiger partial charge in [-0.1, -0.05) is 24.3 Å². The number of methoxy groups -OCH3 is 1. The third-order valence-corrected chi connectivity index (χ3v) is 6.09. The van der Waals surface area contributed by atoms with Gasteiger partial charge in [0.05, 0.1) is 17.7 Å². The van der Waals surface area contributed by atoms with Crippen LogP contribution in [0.4, 0.5) is 5.69 Å². The molecular formula is C21H30IN5O3S. The van der Waals surface area contributed by atoms with Gasteiger partial charge in [0.15, 0.2) is 5.96 Å². The highest BCUT2D eigenvalue weighted by Crippen LogP contribution is 2.28. The molecule has 1 aliphatic rings. The van der Waals surface area contributed by atoms with Gasteiger partial charge in [0.25, 0.3) is 0 Å². The topological polar surface area (TPSA) is 100 Å². The van der Waals surface area contributed by atoms with Gasteiger partial charge in [-0.25, -0.2) is 13.6 Å². The molecule has 0 unspecified atom stereocenters. The SMILES string of the molecule is CN=C(NCCc1ccc(S(N)(=O)=O)cc1)N1CCN(c2ccccc2OC)CC1.I. The molecule has 0 aromatic heterocycles. The van der Waals surface area contributed by atoms with Gasteiger partial charge in [-0.2, -0.15) is 0 Å². The summed E-state index contributed by atoms with van der Waals surface area (Å²) in [7, 11) is -0.169. The number of piperazine rings is 1. The van der Waals surface area contributed by atoms with Crippen molar-refractivity contribution < 1.29 is 13.2 Å². The molecule has 1 fully saturated rings. The van der Waals surface area contributed by atoms with Crippen LogP contribution in [0.2, 0.25) is 0 Å². The number of hydrogen-bond acceptors (Lipinski definition) is 5. The van der Waals surface area contributed by atoms with Crippen molar-refractivity contribution in [1.82, 2.24) is 10.2 Å². The second-order valence-corrected chi connectivity index (χ2v) is 8.62. The molecule has 1 heterocycles. The maximum Gasteiger partial charge on any atom is 0.238 e. The van der Waals surface area contributed by atoms with E-state index in [0.717, 1.165) is 55.6 Å². The van der Waals surface area contributed by atoms with Crippen LogP contribution in [-0.2, 0) is 16.4 Å². The molecule has 0 aliphatic carbocycles. The van der Waals surface area contributed by atoms with E-state index in [1.54, 1.807) is 26.3 Å². The van der Waals surface area contributed by atoms with Gasteiger partial charge in [-0.15, -0.1) is 24.0 Å². The molecule has 2 aromatic carbocycles. The molecule has 2 aromatic rings. The van der Waals surface area contributed by atoms with Crippen molar-refractivity contribution in [1.29, 1.82) is 0 Å². The van der Waals surface area contributed by atoms with Crippen LogP contribution >= 0.6 is 24.0 Å². The summed E-state index contributed by atoms with van der Waals surface area (Å²) in [6.45, 7) is 4.20. The van der Waals surface area contributed by atoms with Crippen LogP contribution in [0.25, 0.3) is 0 Å². The number of guanidine groups is 1. The van der Waals surface area contributed by atoms with Gasteiger partial charge in [-0.3, -0.25) is 4.99 Å². The number of anilines is 1. The van der Waals surface area contributed by atoms with E-state index in [1.807, 2.05) is 18.2 Å². The summed E-state index contributed by atoms with van der Waals surface area (Å²) >= 11 is 0. The third kappa shape index (κ3) is 6.71. The number of aliphatic imine (C=N–C) groups is 1. The van der Waals surface area contributed by atoms with E-state index in [4.69, 9.17) is 9.88 Å². The first-order valence-corrected chi connectivity index (χ1v) is 11.4. The van der Waals surface area contributed by atoms with E-state index in [0.29, 0.717) is 6.54 Å². The third-order valence-electron chi connectivity index (χ3n) is 5.17. The maximum absolute atomic E-state index is 11.3. The number of para-hydroxylation sites is 2. The summed E-state index contributed by atoms with van der Waals surface area (Å²) in [5.74, 6) is 1.76. The Bertz CT molecular complexity index is 975. The molecule has 170 valence electrons. The van der Waals surface area contributed by atoms with E-state index in [-0.39, 0.29) is 28.9 Å². The smallest absolute Gasteiger partial charge is 0.238 e. The van der Waals surface area contributed by atoms with E-state index >= 15 is 0 Å². The summed E-state index contributed by atoms with van der Waals surface area (Å²) in [4.78, 5) is 9.12. The summed E-state index contributed by atoms with van der Waals surface area (Å²) in [6.07, 6.45) is 0.755. The number of nitrogens with zero attached hydrogens (tertiary/aromatic N) is 3. The minimum Gasteiger partial charge on any atom is -0.495 e. The van der Waals surface area contributed by atoms with Crippen molar-refractivity contribution in [3.05, 3.63) is 54.1 Å². The van der Waals surface area contributed by atoms with Crippen LogP contribution < -0.4 is 20.1 Å². The second-order valence-electron chi connectivity index (χ2n) is 7.06. The van der Waals surface area contributed by atoms with E-state index in [9.17, 15) is 8.42 Å². The first-order valence-electron chi connectivity index (χ1n) is 9.87. The monoisotopic (exact) mass is 559 g/mol. The summed E-state index contributed by atoms with van der Waals surface area (Å²) in [5, 5.41) is 8.54. The number of nitrogens with two attached hydrogens (primary N) is 1. The van der Waals surface area contributed by atoms with Gasteiger partial charge in [0.1, 0.15) is 5.75 Å². The standard InChI is InChI=1S/C21H29N5O3S.HI/c1-23-21(24-12-11-17-7-9-18(10-8-17)30(22,27)28)26-15-13-25(14-16-26)19-5-3-4-6-20(19)29-2;/h3-10H,11-16H2,1-2H3,(H,23,24)(H2,22,27,28);1H. The molecule has 0 saturated carbocycles. The molecule has 0 atom stereocenters. The van der Waals surface area contributed by atoms with Crippen molar-refractivity contribution in [2.75, 3.05) is 51.8 Å². The van der Waals surface area contributed by atoms with Crippen LogP contribution in [0.3, 0.4) is 0 Å². The van der Waals surface area contributed by atoms with Crippen molar-refractivity contribution in [2.24, 2.45) is 10.1 Å². The van der Waals surface area contributed by atoms with Crippen LogP contribution in [0.1, 0.15) is 5.56 Å². The minimum atomic E-state index is -3.65.